The minimum absolute atomic E-state index is 0.255. The van der Waals surface area contributed by atoms with Crippen LogP contribution in [0.15, 0.2) is 18.2 Å². The molecular weight excluding hydrogens is 236 g/mol. The number of ketones is 1. The molecule has 0 bridgehead atoms. The molecule has 1 aliphatic heterocycles. The SMILES string of the molecule is O=C(c1ccc2c(c1)CCCO2)C1CCCCCC1. The number of hydrogen-bond acceptors (Lipinski definition) is 2. The summed E-state index contributed by atoms with van der Waals surface area (Å²) >= 11 is 0. The molecule has 1 aromatic rings. The maximum Gasteiger partial charge on any atom is 0.165 e. The lowest BCUT2D eigenvalue weighted by Gasteiger charge is -2.19. The van der Waals surface area contributed by atoms with E-state index in [9.17, 15) is 4.79 Å². The zero-order valence-corrected chi connectivity index (χ0v) is 11.5. The van der Waals surface area contributed by atoms with Crippen molar-refractivity contribution < 1.29 is 9.53 Å². The second-order valence-corrected chi connectivity index (χ2v) is 5.83. The summed E-state index contributed by atoms with van der Waals surface area (Å²) < 4.78 is 5.61. The molecule has 0 spiro atoms. The van der Waals surface area contributed by atoms with Crippen LogP contribution in [0.25, 0.3) is 0 Å². The van der Waals surface area contributed by atoms with Crippen LogP contribution in [0.5, 0.6) is 5.75 Å². The van der Waals surface area contributed by atoms with Gasteiger partial charge in [-0.15, -0.1) is 0 Å². The smallest absolute Gasteiger partial charge is 0.165 e. The number of rotatable bonds is 2. The molecule has 102 valence electrons. The van der Waals surface area contributed by atoms with E-state index in [1.807, 2.05) is 12.1 Å². The molecule has 2 heteroatoms. The summed E-state index contributed by atoms with van der Waals surface area (Å²) in [5, 5.41) is 0. The summed E-state index contributed by atoms with van der Waals surface area (Å²) in [4.78, 5) is 12.6. The van der Waals surface area contributed by atoms with E-state index in [0.717, 1.165) is 43.6 Å². The third-order valence-corrected chi connectivity index (χ3v) is 4.42. The highest BCUT2D eigenvalue weighted by atomic mass is 16.5. The summed E-state index contributed by atoms with van der Waals surface area (Å²) in [5.41, 5.74) is 2.11. The van der Waals surface area contributed by atoms with Crippen LogP contribution in [0.4, 0.5) is 0 Å². The van der Waals surface area contributed by atoms with Crippen molar-refractivity contribution >= 4 is 5.78 Å². The van der Waals surface area contributed by atoms with Crippen molar-refractivity contribution in [1.82, 2.24) is 0 Å². The van der Waals surface area contributed by atoms with E-state index in [2.05, 4.69) is 6.07 Å². The Bertz CT molecular complexity index is 456. The van der Waals surface area contributed by atoms with Crippen molar-refractivity contribution in [1.29, 1.82) is 0 Å². The Labute approximate surface area is 115 Å². The molecule has 0 aromatic heterocycles. The van der Waals surface area contributed by atoms with Crippen molar-refractivity contribution in [2.24, 2.45) is 5.92 Å². The number of carbonyl (C=O) groups excluding carboxylic acids is 1. The van der Waals surface area contributed by atoms with Gasteiger partial charge in [-0.25, -0.2) is 0 Å². The second-order valence-electron chi connectivity index (χ2n) is 5.83. The van der Waals surface area contributed by atoms with E-state index in [0.29, 0.717) is 5.78 Å². The van der Waals surface area contributed by atoms with Crippen molar-refractivity contribution in [2.75, 3.05) is 6.61 Å². The predicted octanol–water partition coefficient (Wildman–Crippen LogP) is 4.16. The number of fused-ring (bicyclic) bond motifs is 1. The molecule has 0 radical (unpaired) electrons. The number of benzene rings is 1. The van der Waals surface area contributed by atoms with Crippen LogP contribution in [-0.4, -0.2) is 12.4 Å². The third-order valence-electron chi connectivity index (χ3n) is 4.42. The molecule has 1 saturated carbocycles. The van der Waals surface area contributed by atoms with E-state index in [1.165, 1.54) is 31.2 Å². The number of carbonyl (C=O) groups is 1. The number of Topliss-reactive ketones (excluding diaryl/α,β-unsaturated/α-hetero) is 1. The molecule has 0 unspecified atom stereocenters. The summed E-state index contributed by atoms with van der Waals surface area (Å²) in [6.45, 7) is 0.808. The van der Waals surface area contributed by atoms with Crippen LogP contribution in [0, 0.1) is 5.92 Å². The zero-order chi connectivity index (χ0) is 13.1. The number of hydrogen-bond donors (Lipinski definition) is 0. The molecule has 2 nitrogen and oxygen atoms in total. The Morgan fingerprint density at radius 3 is 2.63 bits per heavy atom. The molecule has 0 N–H and O–H groups in total. The van der Waals surface area contributed by atoms with Gasteiger partial charge in [0.05, 0.1) is 6.61 Å². The molecular formula is C17H22O2. The molecule has 0 saturated heterocycles. The first kappa shape index (κ1) is 12.7. The molecule has 0 atom stereocenters. The molecule has 2 aliphatic rings. The van der Waals surface area contributed by atoms with Gasteiger partial charge in [0, 0.05) is 11.5 Å². The Morgan fingerprint density at radius 2 is 1.84 bits per heavy atom. The lowest BCUT2D eigenvalue weighted by molar-refractivity contribution is 0.0907. The molecule has 1 fully saturated rings. The highest BCUT2D eigenvalue weighted by Crippen LogP contribution is 2.30. The van der Waals surface area contributed by atoms with Gasteiger partial charge in [-0.05, 0) is 49.4 Å². The summed E-state index contributed by atoms with van der Waals surface area (Å²) in [7, 11) is 0. The van der Waals surface area contributed by atoms with Gasteiger partial charge in [0.1, 0.15) is 5.75 Å². The average Bonchev–Trinajstić information content (AvgIpc) is 2.75. The van der Waals surface area contributed by atoms with Gasteiger partial charge in [0.25, 0.3) is 0 Å². The molecule has 19 heavy (non-hydrogen) atoms. The van der Waals surface area contributed by atoms with Gasteiger partial charge < -0.3 is 4.74 Å². The Morgan fingerprint density at radius 1 is 1.05 bits per heavy atom. The maximum absolute atomic E-state index is 12.6. The zero-order valence-electron chi connectivity index (χ0n) is 11.5. The van der Waals surface area contributed by atoms with E-state index in [4.69, 9.17) is 4.74 Å². The van der Waals surface area contributed by atoms with Crippen molar-refractivity contribution in [3.05, 3.63) is 29.3 Å². The fraction of sp³-hybridized carbons (Fsp3) is 0.588. The van der Waals surface area contributed by atoms with Crippen LogP contribution in [0.2, 0.25) is 0 Å². The minimum atomic E-state index is 0.255. The Hall–Kier alpha value is -1.31. The fourth-order valence-corrected chi connectivity index (χ4v) is 3.29. The van der Waals surface area contributed by atoms with Crippen LogP contribution >= 0.6 is 0 Å². The molecule has 1 heterocycles. The van der Waals surface area contributed by atoms with Gasteiger partial charge in [-0.2, -0.15) is 0 Å². The average molecular weight is 258 g/mol. The van der Waals surface area contributed by atoms with Crippen LogP contribution < -0.4 is 4.74 Å². The van der Waals surface area contributed by atoms with Gasteiger partial charge in [-0.3, -0.25) is 4.79 Å². The normalized spacial score (nSPS) is 20.2. The van der Waals surface area contributed by atoms with Crippen molar-refractivity contribution in [2.45, 2.75) is 51.4 Å². The predicted molar refractivity (Wildman–Crippen MR) is 75.8 cm³/mol. The Kier molecular flexibility index (Phi) is 3.86. The first-order valence-electron chi connectivity index (χ1n) is 7.64. The maximum atomic E-state index is 12.6. The van der Waals surface area contributed by atoms with Crippen LogP contribution in [0.1, 0.15) is 60.9 Å². The standard InChI is InChI=1S/C17H22O2/c18-17(13-6-3-1-2-4-7-13)15-9-10-16-14(12-15)8-5-11-19-16/h9-10,12-13H,1-8,11H2. The molecule has 1 aliphatic carbocycles. The van der Waals surface area contributed by atoms with Crippen LogP contribution in [0.3, 0.4) is 0 Å². The summed E-state index contributed by atoms with van der Waals surface area (Å²) in [6.07, 6.45) is 9.27. The van der Waals surface area contributed by atoms with E-state index < -0.39 is 0 Å². The monoisotopic (exact) mass is 258 g/mol. The highest BCUT2D eigenvalue weighted by Gasteiger charge is 2.22. The van der Waals surface area contributed by atoms with Crippen molar-refractivity contribution in [3.63, 3.8) is 0 Å². The summed E-state index contributed by atoms with van der Waals surface area (Å²) in [6, 6.07) is 6.01. The minimum Gasteiger partial charge on any atom is -0.493 e. The van der Waals surface area contributed by atoms with Crippen molar-refractivity contribution in [3.8, 4) is 5.75 Å². The largest absolute Gasteiger partial charge is 0.493 e. The lowest BCUT2D eigenvalue weighted by Crippen LogP contribution is -2.15. The van der Waals surface area contributed by atoms with Gasteiger partial charge in [0.15, 0.2) is 5.78 Å². The van der Waals surface area contributed by atoms with Gasteiger partial charge in [-0.1, -0.05) is 25.7 Å². The molecule has 3 rings (SSSR count). The third kappa shape index (κ3) is 2.83. The first-order valence-corrected chi connectivity index (χ1v) is 7.64. The van der Waals surface area contributed by atoms with Crippen LogP contribution in [-0.2, 0) is 6.42 Å². The quantitative estimate of drug-likeness (QED) is 0.588. The van der Waals surface area contributed by atoms with E-state index in [-0.39, 0.29) is 5.92 Å². The summed E-state index contributed by atoms with van der Waals surface area (Å²) in [5.74, 6) is 1.59. The van der Waals surface area contributed by atoms with Gasteiger partial charge in [0.2, 0.25) is 0 Å². The topological polar surface area (TPSA) is 26.3 Å². The fourth-order valence-electron chi connectivity index (χ4n) is 3.29. The molecule has 0 amide bonds. The van der Waals surface area contributed by atoms with E-state index >= 15 is 0 Å². The van der Waals surface area contributed by atoms with E-state index in [1.54, 1.807) is 0 Å². The Balaban J connectivity index is 1.78. The van der Waals surface area contributed by atoms with Gasteiger partial charge >= 0.3 is 0 Å². The number of ether oxygens (including phenoxy) is 1. The first-order chi connectivity index (χ1) is 9.34. The number of aryl methyl sites for hydroxylation is 1. The lowest BCUT2D eigenvalue weighted by atomic mass is 9.89. The highest BCUT2D eigenvalue weighted by molar-refractivity contribution is 5.98. The molecule has 1 aromatic carbocycles. The second kappa shape index (κ2) is 5.77.